The molecule has 0 unspecified atom stereocenters. The Labute approximate surface area is 102 Å². The van der Waals surface area contributed by atoms with Crippen molar-refractivity contribution in [1.82, 2.24) is 0 Å². The topological polar surface area (TPSA) is 46.5 Å². The van der Waals surface area contributed by atoms with Crippen LogP contribution in [0, 0.1) is 0 Å². The van der Waals surface area contributed by atoms with Crippen molar-refractivity contribution in [2.24, 2.45) is 0 Å². The van der Waals surface area contributed by atoms with Gasteiger partial charge in [0.15, 0.2) is 0 Å². The number of carbonyl (C=O) groups is 1. The van der Waals surface area contributed by atoms with Crippen molar-refractivity contribution in [2.75, 3.05) is 13.2 Å². The molecule has 17 heavy (non-hydrogen) atoms. The first-order valence-electron chi connectivity index (χ1n) is 5.78. The number of rotatable bonds is 6. The molecule has 0 atom stereocenters. The van der Waals surface area contributed by atoms with E-state index in [1.807, 2.05) is 30.3 Å². The number of esters is 1. The maximum Gasteiger partial charge on any atom is 0.309 e. The quantitative estimate of drug-likeness (QED) is 0.767. The van der Waals surface area contributed by atoms with Crippen LogP contribution in [-0.2, 0) is 16.0 Å². The van der Waals surface area contributed by atoms with Crippen molar-refractivity contribution in [2.45, 2.75) is 19.8 Å². The SMILES string of the molecule is CCOC(=O)CC=Cc1cccc(CCO)c1. The summed E-state index contributed by atoms with van der Waals surface area (Å²) in [7, 11) is 0. The number of aliphatic hydroxyl groups is 1. The molecule has 0 amide bonds. The number of ether oxygens (including phenoxy) is 1. The third-order valence-corrected chi connectivity index (χ3v) is 2.25. The van der Waals surface area contributed by atoms with Crippen LogP contribution in [0.1, 0.15) is 24.5 Å². The van der Waals surface area contributed by atoms with E-state index in [0.29, 0.717) is 13.0 Å². The van der Waals surface area contributed by atoms with Crippen LogP contribution in [0.5, 0.6) is 0 Å². The van der Waals surface area contributed by atoms with E-state index in [4.69, 9.17) is 9.84 Å². The second-order valence-electron chi connectivity index (χ2n) is 3.63. The molecule has 0 aliphatic heterocycles. The third kappa shape index (κ3) is 5.31. The van der Waals surface area contributed by atoms with E-state index >= 15 is 0 Å². The van der Waals surface area contributed by atoms with Gasteiger partial charge in [-0.3, -0.25) is 4.79 Å². The van der Waals surface area contributed by atoms with Gasteiger partial charge in [0, 0.05) is 6.61 Å². The summed E-state index contributed by atoms with van der Waals surface area (Å²) in [5.74, 6) is -0.213. The normalized spacial score (nSPS) is 10.7. The monoisotopic (exact) mass is 234 g/mol. The zero-order chi connectivity index (χ0) is 12.5. The molecule has 1 aromatic rings. The Morgan fingerprint density at radius 1 is 1.47 bits per heavy atom. The minimum atomic E-state index is -0.213. The lowest BCUT2D eigenvalue weighted by molar-refractivity contribution is -0.142. The fourth-order valence-corrected chi connectivity index (χ4v) is 1.49. The van der Waals surface area contributed by atoms with Gasteiger partial charge in [0.05, 0.1) is 13.0 Å². The molecular formula is C14H18O3. The van der Waals surface area contributed by atoms with Crippen LogP contribution in [0.15, 0.2) is 30.3 Å². The van der Waals surface area contributed by atoms with Gasteiger partial charge in [-0.25, -0.2) is 0 Å². The Morgan fingerprint density at radius 3 is 3.00 bits per heavy atom. The molecule has 1 rings (SSSR count). The predicted octanol–water partition coefficient (Wildman–Crippen LogP) is 2.19. The number of hydrogen-bond donors (Lipinski definition) is 1. The fourth-order valence-electron chi connectivity index (χ4n) is 1.49. The standard InChI is InChI=1S/C14H18O3/c1-2-17-14(16)8-4-7-12-5-3-6-13(11-12)9-10-15/h3-7,11,15H,2,8-10H2,1H3. The summed E-state index contributed by atoms with van der Waals surface area (Å²) in [5.41, 5.74) is 2.12. The van der Waals surface area contributed by atoms with Crippen molar-refractivity contribution in [1.29, 1.82) is 0 Å². The molecule has 0 radical (unpaired) electrons. The average molecular weight is 234 g/mol. The first kappa shape index (κ1) is 13.5. The van der Waals surface area contributed by atoms with E-state index < -0.39 is 0 Å². The number of hydrogen-bond acceptors (Lipinski definition) is 3. The van der Waals surface area contributed by atoms with Crippen molar-refractivity contribution in [3.63, 3.8) is 0 Å². The number of benzene rings is 1. The fraction of sp³-hybridized carbons (Fsp3) is 0.357. The summed E-state index contributed by atoms with van der Waals surface area (Å²) in [6.45, 7) is 2.36. The molecule has 0 saturated carbocycles. The molecule has 92 valence electrons. The molecule has 3 nitrogen and oxygen atoms in total. The van der Waals surface area contributed by atoms with E-state index in [2.05, 4.69) is 0 Å². The highest BCUT2D eigenvalue weighted by Crippen LogP contribution is 2.08. The second-order valence-corrected chi connectivity index (χ2v) is 3.63. The Bertz CT molecular complexity index is 383. The number of aliphatic hydroxyl groups excluding tert-OH is 1. The zero-order valence-electron chi connectivity index (χ0n) is 10.1. The largest absolute Gasteiger partial charge is 0.466 e. The molecule has 0 aromatic heterocycles. The molecule has 0 fully saturated rings. The van der Waals surface area contributed by atoms with E-state index in [9.17, 15) is 4.79 Å². The first-order valence-corrected chi connectivity index (χ1v) is 5.78. The van der Waals surface area contributed by atoms with Crippen LogP contribution in [0.4, 0.5) is 0 Å². The molecule has 0 spiro atoms. The smallest absolute Gasteiger partial charge is 0.309 e. The third-order valence-electron chi connectivity index (χ3n) is 2.25. The van der Waals surface area contributed by atoms with Crippen LogP contribution >= 0.6 is 0 Å². The van der Waals surface area contributed by atoms with Crippen molar-refractivity contribution < 1.29 is 14.6 Å². The Morgan fingerprint density at radius 2 is 2.29 bits per heavy atom. The van der Waals surface area contributed by atoms with Crippen molar-refractivity contribution >= 4 is 12.0 Å². The van der Waals surface area contributed by atoms with Gasteiger partial charge in [-0.15, -0.1) is 0 Å². The maximum absolute atomic E-state index is 11.1. The Hall–Kier alpha value is -1.61. The van der Waals surface area contributed by atoms with Gasteiger partial charge in [0.25, 0.3) is 0 Å². The average Bonchev–Trinajstić information content (AvgIpc) is 2.30. The molecule has 3 heteroatoms. The van der Waals surface area contributed by atoms with Gasteiger partial charge < -0.3 is 9.84 Å². The second kappa shape index (κ2) is 7.63. The van der Waals surface area contributed by atoms with Crippen LogP contribution in [0.3, 0.4) is 0 Å². The summed E-state index contributed by atoms with van der Waals surface area (Å²) < 4.78 is 4.82. The molecular weight excluding hydrogens is 216 g/mol. The van der Waals surface area contributed by atoms with Gasteiger partial charge in [-0.1, -0.05) is 36.4 Å². The molecule has 0 bridgehead atoms. The predicted molar refractivity (Wildman–Crippen MR) is 67.5 cm³/mol. The van der Waals surface area contributed by atoms with Gasteiger partial charge >= 0.3 is 5.97 Å². The summed E-state index contributed by atoms with van der Waals surface area (Å²) >= 11 is 0. The maximum atomic E-state index is 11.1. The summed E-state index contributed by atoms with van der Waals surface area (Å²) in [6.07, 6.45) is 4.62. The molecule has 0 heterocycles. The van der Waals surface area contributed by atoms with Gasteiger partial charge in [-0.05, 0) is 24.5 Å². The number of carbonyl (C=O) groups excluding carboxylic acids is 1. The van der Waals surface area contributed by atoms with Crippen molar-refractivity contribution in [3.8, 4) is 0 Å². The van der Waals surface area contributed by atoms with Crippen molar-refractivity contribution in [3.05, 3.63) is 41.5 Å². The summed E-state index contributed by atoms with van der Waals surface area (Å²) in [5, 5.41) is 8.84. The molecule has 0 aliphatic carbocycles. The lowest BCUT2D eigenvalue weighted by atomic mass is 10.1. The van der Waals surface area contributed by atoms with Crippen LogP contribution in [0.25, 0.3) is 6.08 Å². The minimum absolute atomic E-state index is 0.149. The van der Waals surface area contributed by atoms with E-state index in [1.165, 1.54) is 0 Å². The van der Waals surface area contributed by atoms with Crippen LogP contribution < -0.4 is 0 Å². The lowest BCUT2D eigenvalue weighted by Gasteiger charge is -2.00. The van der Waals surface area contributed by atoms with Crippen LogP contribution in [-0.4, -0.2) is 24.3 Å². The summed E-state index contributed by atoms with van der Waals surface area (Å²) in [6, 6.07) is 7.87. The van der Waals surface area contributed by atoms with E-state index in [0.717, 1.165) is 11.1 Å². The van der Waals surface area contributed by atoms with E-state index in [1.54, 1.807) is 13.0 Å². The lowest BCUT2D eigenvalue weighted by Crippen LogP contribution is -2.01. The molecule has 1 aromatic carbocycles. The Kier molecular flexibility index (Phi) is 6.04. The Balaban J connectivity index is 2.52. The van der Waals surface area contributed by atoms with Crippen LogP contribution in [0.2, 0.25) is 0 Å². The highest BCUT2D eigenvalue weighted by Gasteiger charge is 1.97. The van der Waals surface area contributed by atoms with Gasteiger partial charge in [-0.2, -0.15) is 0 Å². The molecule has 0 saturated heterocycles. The highest BCUT2D eigenvalue weighted by molar-refractivity contribution is 5.72. The van der Waals surface area contributed by atoms with Gasteiger partial charge in [0.2, 0.25) is 0 Å². The van der Waals surface area contributed by atoms with Gasteiger partial charge in [0.1, 0.15) is 0 Å². The zero-order valence-corrected chi connectivity index (χ0v) is 10.1. The highest BCUT2D eigenvalue weighted by atomic mass is 16.5. The molecule has 0 aliphatic rings. The van der Waals surface area contributed by atoms with E-state index in [-0.39, 0.29) is 19.0 Å². The summed E-state index contributed by atoms with van der Waals surface area (Å²) in [4.78, 5) is 11.1. The minimum Gasteiger partial charge on any atom is -0.466 e. The first-order chi connectivity index (χ1) is 8.26. The molecule has 1 N–H and O–H groups in total.